The molecule has 2 heterocycles. The number of amides is 1. The number of phenolic OH excluding ortho intramolecular Hbond substituents is 1. The number of hydrogen-bond donors (Lipinski definition) is 2. The molecule has 8 heteroatoms. The normalized spacial score (nSPS) is 13.0. The van der Waals surface area contributed by atoms with Gasteiger partial charge in [-0.25, -0.2) is 0 Å². The Morgan fingerprint density at radius 3 is 2.76 bits per heavy atom. The third-order valence-electron chi connectivity index (χ3n) is 4.37. The van der Waals surface area contributed by atoms with Crippen molar-refractivity contribution in [2.75, 3.05) is 25.1 Å². The molecule has 0 unspecified atom stereocenters. The minimum absolute atomic E-state index is 0.0465. The van der Waals surface area contributed by atoms with E-state index >= 15 is 0 Å². The highest BCUT2D eigenvalue weighted by Crippen LogP contribution is 2.32. The Balaban J connectivity index is 1.31. The number of aromatic hydroxyl groups is 1. The van der Waals surface area contributed by atoms with Crippen LogP contribution in [0.25, 0.3) is 11.0 Å². The van der Waals surface area contributed by atoms with E-state index in [0.717, 1.165) is 6.42 Å². The van der Waals surface area contributed by atoms with Crippen LogP contribution in [0.4, 0.5) is 5.69 Å². The summed E-state index contributed by atoms with van der Waals surface area (Å²) in [4.78, 5) is 24.2. The molecule has 4 rings (SSSR count). The van der Waals surface area contributed by atoms with Gasteiger partial charge in [0.25, 0.3) is 5.91 Å². The molecule has 0 atom stereocenters. The second kappa shape index (κ2) is 8.14. The molecule has 0 aliphatic carbocycles. The van der Waals surface area contributed by atoms with Gasteiger partial charge >= 0.3 is 5.97 Å². The molecule has 0 fully saturated rings. The standard InChI is InChI=1S/C21H19NO7/c23-15-3-4-16-13(11-28-18(16)10-15)8-21(25)29-12-20(24)22-14-2-5-17-19(9-14)27-7-1-6-26-17/h2-5,9-11,23H,1,6-8,12H2,(H,22,24). The monoisotopic (exact) mass is 397 g/mol. The highest BCUT2D eigenvalue weighted by atomic mass is 16.5. The number of esters is 1. The van der Waals surface area contributed by atoms with E-state index < -0.39 is 18.5 Å². The van der Waals surface area contributed by atoms with Gasteiger partial charge in [0.15, 0.2) is 18.1 Å². The van der Waals surface area contributed by atoms with E-state index in [1.165, 1.54) is 18.4 Å². The Kier molecular flexibility index (Phi) is 5.24. The number of carbonyl (C=O) groups is 2. The van der Waals surface area contributed by atoms with Crippen molar-refractivity contribution in [2.45, 2.75) is 12.8 Å². The Morgan fingerprint density at radius 2 is 1.90 bits per heavy atom. The van der Waals surface area contributed by atoms with Crippen LogP contribution in [-0.4, -0.2) is 36.8 Å². The fourth-order valence-electron chi connectivity index (χ4n) is 3.00. The van der Waals surface area contributed by atoms with Crippen molar-refractivity contribution in [2.24, 2.45) is 0 Å². The van der Waals surface area contributed by atoms with Crippen molar-refractivity contribution in [3.8, 4) is 17.2 Å². The van der Waals surface area contributed by atoms with E-state index in [-0.39, 0.29) is 12.2 Å². The molecular formula is C21H19NO7. The molecule has 0 radical (unpaired) electrons. The van der Waals surface area contributed by atoms with Crippen molar-refractivity contribution in [3.05, 3.63) is 48.2 Å². The maximum absolute atomic E-state index is 12.1. The number of phenols is 1. The van der Waals surface area contributed by atoms with Crippen molar-refractivity contribution >= 4 is 28.5 Å². The summed E-state index contributed by atoms with van der Waals surface area (Å²) in [5, 5.41) is 12.8. The van der Waals surface area contributed by atoms with Gasteiger partial charge in [0.2, 0.25) is 0 Å². The first-order valence-electron chi connectivity index (χ1n) is 9.13. The second-order valence-corrected chi connectivity index (χ2v) is 6.54. The summed E-state index contributed by atoms with van der Waals surface area (Å²) in [6.45, 7) is 0.718. The number of nitrogens with one attached hydrogen (secondary N) is 1. The Labute approximate surface area is 166 Å². The molecule has 3 aromatic rings. The average Bonchev–Trinajstić information content (AvgIpc) is 2.93. The molecule has 0 spiro atoms. The van der Waals surface area contributed by atoms with Crippen LogP contribution in [-0.2, 0) is 20.7 Å². The molecule has 0 saturated heterocycles. The molecule has 2 aromatic carbocycles. The molecule has 0 bridgehead atoms. The minimum Gasteiger partial charge on any atom is -0.508 e. The third-order valence-corrected chi connectivity index (χ3v) is 4.37. The zero-order valence-electron chi connectivity index (χ0n) is 15.5. The molecule has 1 amide bonds. The number of fused-ring (bicyclic) bond motifs is 2. The fraction of sp³-hybridized carbons (Fsp3) is 0.238. The van der Waals surface area contributed by atoms with Gasteiger partial charge < -0.3 is 29.1 Å². The van der Waals surface area contributed by atoms with Crippen LogP contribution < -0.4 is 14.8 Å². The van der Waals surface area contributed by atoms with E-state index in [1.807, 2.05) is 0 Å². The summed E-state index contributed by atoms with van der Waals surface area (Å²) in [5.74, 6) is 0.250. The summed E-state index contributed by atoms with van der Waals surface area (Å²) in [5.41, 5.74) is 1.61. The van der Waals surface area contributed by atoms with Gasteiger partial charge in [0, 0.05) is 35.2 Å². The van der Waals surface area contributed by atoms with Crippen molar-refractivity contribution < 1.29 is 33.3 Å². The van der Waals surface area contributed by atoms with Crippen LogP contribution in [0.15, 0.2) is 47.1 Å². The van der Waals surface area contributed by atoms with Crippen molar-refractivity contribution in [3.63, 3.8) is 0 Å². The van der Waals surface area contributed by atoms with Gasteiger partial charge in [-0.1, -0.05) is 0 Å². The lowest BCUT2D eigenvalue weighted by Crippen LogP contribution is -2.21. The van der Waals surface area contributed by atoms with E-state index in [4.69, 9.17) is 18.6 Å². The number of carbonyl (C=O) groups excluding carboxylic acids is 2. The number of hydrogen-bond acceptors (Lipinski definition) is 7. The fourth-order valence-corrected chi connectivity index (χ4v) is 3.00. The van der Waals surface area contributed by atoms with Crippen LogP contribution in [0.3, 0.4) is 0 Å². The van der Waals surface area contributed by atoms with E-state index in [0.29, 0.717) is 46.9 Å². The van der Waals surface area contributed by atoms with Crippen LogP contribution in [0.5, 0.6) is 17.2 Å². The maximum atomic E-state index is 12.1. The van der Waals surface area contributed by atoms with Gasteiger partial charge in [0.05, 0.1) is 25.9 Å². The summed E-state index contributed by atoms with van der Waals surface area (Å²) >= 11 is 0. The van der Waals surface area contributed by atoms with Crippen molar-refractivity contribution in [1.82, 2.24) is 0 Å². The van der Waals surface area contributed by atoms with Crippen LogP contribution in [0, 0.1) is 0 Å². The number of rotatable bonds is 5. The maximum Gasteiger partial charge on any atom is 0.310 e. The quantitative estimate of drug-likeness (QED) is 0.637. The van der Waals surface area contributed by atoms with Crippen molar-refractivity contribution in [1.29, 1.82) is 0 Å². The highest BCUT2D eigenvalue weighted by Gasteiger charge is 2.15. The second-order valence-electron chi connectivity index (χ2n) is 6.54. The number of benzene rings is 2. The van der Waals surface area contributed by atoms with Gasteiger partial charge in [0.1, 0.15) is 11.3 Å². The first-order valence-corrected chi connectivity index (χ1v) is 9.13. The summed E-state index contributed by atoms with van der Waals surface area (Å²) in [6, 6.07) is 9.73. The minimum atomic E-state index is -0.561. The number of anilines is 1. The molecule has 1 aliphatic heterocycles. The molecule has 2 N–H and O–H groups in total. The molecule has 29 heavy (non-hydrogen) atoms. The third kappa shape index (κ3) is 4.43. The van der Waals surface area contributed by atoms with E-state index in [2.05, 4.69) is 5.32 Å². The van der Waals surface area contributed by atoms with Crippen LogP contribution in [0.1, 0.15) is 12.0 Å². The lowest BCUT2D eigenvalue weighted by Gasteiger charge is -2.10. The summed E-state index contributed by atoms with van der Waals surface area (Å²) < 4.78 is 21.5. The number of furan rings is 1. The highest BCUT2D eigenvalue weighted by molar-refractivity contribution is 5.93. The predicted molar refractivity (Wildman–Crippen MR) is 103 cm³/mol. The lowest BCUT2D eigenvalue weighted by atomic mass is 10.1. The lowest BCUT2D eigenvalue weighted by molar-refractivity contribution is -0.146. The topological polar surface area (TPSA) is 107 Å². The van der Waals surface area contributed by atoms with Gasteiger partial charge in [-0.2, -0.15) is 0 Å². The average molecular weight is 397 g/mol. The molecular weight excluding hydrogens is 378 g/mol. The van der Waals surface area contributed by atoms with Gasteiger partial charge in [-0.3, -0.25) is 9.59 Å². The zero-order chi connectivity index (χ0) is 20.2. The van der Waals surface area contributed by atoms with Gasteiger partial charge in [-0.15, -0.1) is 0 Å². The Bertz CT molecular complexity index is 1060. The first kappa shape index (κ1) is 18.7. The molecule has 8 nitrogen and oxygen atoms in total. The van der Waals surface area contributed by atoms with Crippen LogP contribution in [0.2, 0.25) is 0 Å². The van der Waals surface area contributed by atoms with Gasteiger partial charge in [-0.05, 0) is 24.3 Å². The van der Waals surface area contributed by atoms with E-state index in [1.54, 1.807) is 24.3 Å². The summed E-state index contributed by atoms with van der Waals surface area (Å²) in [7, 11) is 0. The number of ether oxygens (including phenoxy) is 3. The molecule has 1 aliphatic rings. The molecule has 1 aromatic heterocycles. The summed E-state index contributed by atoms with van der Waals surface area (Å²) in [6.07, 6.45) is 2.18. The van der Waals surface area contributed by atoms with Crippen LogP contribution >= 0.6 is 0 Å². The predicted octanol–water partition coefficient (Wildman–Crippen LogP) is 3.02. The van der Waals surface area contributed by atoms with E-state index in [9.17, 15) is 14.7 Å². The largest absolute Gasteiger partial charge is 0.508 e. The zero-order valence-corrected chi connectivity index (χ0v) is 15.5. The SMILES string of the molecule is O=C(COC(=O)Cc1coc2cc(O)ccc12)Nc1ccc2c(c1)OCCCO2. The smallest absolute Gasteiger partial charge is 0.310 e. The Morgan fingerprint density at radius 1 is 1.07 bits per heavy atom. The molecule has 150 valence electrons. The molecule has 0 saturated carbocycles. The Hall–Kier alpha value is -3.68. The first-order chi connectivity index (χ1) is 14.1.